The van der Waals surface area contributed by atoms with Gasteiger partial charge in [0.1, 0.15) is 0 Å². The van der Waals surface area contributed by atoms with E-state index in [0.29, 0.717) is 48.0 Å². The minimum absolute atomic E-state index is 0.0901. The Morgan fingerprint density at radius 2 is 1.81 bits per heavy atom. The summed E-state index contributed by atoms with van der Waals surface area (Å²) < 4.78 is 1.40. The number of aromatic nitrogens is 4. The summed E-state index contributed by atoms with van der Waals surface area (Å²) in [5, 5.41) is 42.6. The zero-order valence-electron chi connectivity index (χ0n) is 22.5. The molecule has 4 aliphatic rings. The van der Waals surface area contributed by atoms with Crippen molar-refractivity contribution >= 4 is 5.97 Å². The van der Waals surface area contributed by atoms with Gasteiger partial charge in [-0.1, -0.05) is 34.1 Å². The molecule has 0 bridgehead atoms. The van der Waals surface area contributed by atoms with Crippen LogP contribution < -0.4 is 0 Å². The number of hydrogen-bond acceptors (Lipinski definition) is 6. The second-order valence-electron chi connectivity index (χ2n) is 13.3. The number of fused-ring (bicyclic) bond motifs is 5. The van der Waals surface area contributed by atoms with Crippen LogP contribution in [0.15, 0.2) is 0 Å². The standard InChI is InChI=1S/C28H46N4O4/c1-5-18-22-15-17(33)10-12-28(22,4)21-11-13-27(3)19(8-9-20(27)23(21)24(18)34)16(2)7-6-14-32-25(26(35)36)29-30-31-32/h16-24,33-34H,5-15H2,1-4H3,(H,35,36)/t16-,17-,18-,19-,20?,21?,22+,23?,24?,27-,28-/m1/s1. The summed E-state index contributed by atoms with van der Waals surface area (Å²) in [6.07, 6.45) is 10.2. The van der Waals surface area contributed by atoms with E-state index in [1.54, 1.807) is 0 Å². The number of aryl methyl sites for hydroxylation is 1. The molecule has 4 unspecified atom stereocenters. The maximum absolute atomic E-state index is 11.9. The van der Waals surface area contributed by atoms with Gasteiger partial charge in [-0.3, -0.25) is 0 Å². The van der Waals surface area contributed by atoms with E-state index in [-0.39, 0.29) is 28.9 Å². The molecule has 36 heavy (non-hydrogen) atoms. The van der Waals surface area contributed by atoms with Crippen LogP contribution in [-0.4, -0.2) is 53.7 Å². The third-order valence-electron chi connectivity index (χ3n) is 11.9. The zero-order valence-corrected chi connectivity index (χ0v) is 22.5. The molecule has 1 aromatic rings. The molecule has 8 heteroatoms. The van der Waals surface area contributed by atoms with Crippen molar-refractivity contribution in [3.05, 3.63) is 5.82 Å². The predicted octanol–water partition coefficient (Wildman–Crippen LogP) is 4.41. The van der Waals surface area contributed by atoms with Gasteiger partial charge in [-0.2, -0.15) is 0 Å². The number of nitrogens with zero attached hydrogens (tertiary/aromatic N) is 4. The van der Waals surface area contributed by atoms with E-state index in [9.17, 15) is 20.1 Å². The average Bonchev–Trinajstić information content (AvgIpc) is 3.44. The maximum atomic E-state index is 11.9. The predicted molar refractivity (Wildman–Crippen MR) is 135 cm³/mol. The van der Waals surface area contributed by atoms with E-state index in [1.165, 1.54) is 30.4 Å². The first-order chi connectivity index (χ1) is 17.1. The Labute approximate surface area is 215 Å². The molecular formula is C28H46N4O4. The average molecular weight is 503 g/mol. The number of rotatable bonds is 7. The van der Waals surface area contributed by atoms with Crippen molar-refractivity contribution in [1.29, 1.82) is 0 Å². The van der Waals surface area contributed by atoms with Crippen LogP contribution in [0.25, 0.3) is 0 Å². The lowest BCUT2D eigenvalue weighted by Gasteiger charge is -2.64. The van der Waals surface area contributed by atoms with Crippen molar-refractivity contribution in [1.82, 2.24) is 20.2 Å². The minimum Gasteiger partial charge on any atom is -0.475 e. The Morgan fingerprint density at radius 1 is 1.08 bits per heavy atom. The van der Waals surface area contributed by atoms with E-state index in [1.807, 2.05) is 0 Å². The summed E-state index contributed by atoms with van der Waals surface area (Å²) in [7, 11) is 0. The van der Waals surface area contributed by atoms with Gasteiger partial charge in [-0.15, -0.1) is 5.10 Å². The Morgan fingerprint density at radius 3 is 2.53 bits per heavy atom. The molecule has 4 aliphatic carbocycles. The summed E-state index contributed by atoms with van der Waals surface area (Å²) in [4.78, 5) is 11.3. The molecular weight excluding hydrogens is 456 g/mol. The first-order valence-corrected chi connectivity index (χ1v) is 14.5. The molecule has 0 saturated heterocycles. The van der Waals surface area contributed by atoms with E-state index < -0.39 is 5.97 Å². The molecule has 4 fully saturated rings. The van der Waals surface area contributed by atoms with Crippen LogP contribution in [0, 0.1) is 52.3 Å². The summed E-state index contributed by atoms with van der Waals surface area (Å²) in [6, 6.07) is 0. The summed E-state index contributed by atoms with van der Waals surface area (Å²) >= 11 is 0. The third kappa shape index (κ3) is 4.01. The Kier molecular flexibility index (Phi) is 6.99. The van der Waals surface area contributed by atoms with E-state index in [2.05, 4.69) is 43.2 Å². The van der Waals surface area contributed by atoms with Crippen molar-refractivity contribution in [3.8, 4) is 0 Å². The number of aliphatic hydroxyl groups is 2. The largest absolute Gasteiger partial charge is 0.475 e. The molecule has 11 atom stereocenters. The highest BCUT2D eigenvalue weighted by Crippen LogP contribution is 2.69. The lowest BCUT2D eigenvalue weighted by Crippen LogP contribution is -2.62. The Bertz CT molecular complexity index is 954. The van der Waals surface area contributed by atoms with Crippen molar-refractivity contribution in [3.63, 3.8) is 0 Å². The van der Waals surface area contributed by atoms with Gasteiger partial charge in [0.05, 0.1) is 12.2 Å². The van der Waals surface area contributed by atoms with Gasteiger partial charge in [0.15, 0.2) is 0 Å². The lowest BCUT2D eigenvalue weighted by atomic mass is 9.41. The molecule has 3 N–H and O–H groups in total. The van der Waals surface area contributed by atoms with Gasteiger partial charge < -0.3 is 15.3 Å². The van der Waals surface area contributed by atoms with Crippen LogP contribution in [0.5, 0.6) is 0 Å². The minimum atomic E-state index is -1.09. The van der Waals surface area contributed by atoms with Gasteiger partial charge in [0.2, 0.25) is 0 Å². The molecule has 8 nitrogen and oxygen atoms in total. The fourth-order valence-electron chi connectivity index (χ4n) is 10.2. The van der Waals surface area contributed by atoms with E-state index >= 15 is 0 Å². The van der Waals surface area contributed by atoms with Crippen LogP contribution >= 0.6 is 0 Å². The second kappa shape index (κ2) is 9.64. The first kappa shape index (κ1) is 26.1. The molecule has 1 aromatic heterocycles. The third-order valence-corrected chi connectivity index (χ3v) is 11.9. The normalized spacial score (nSPS) is 44.9. The van der Waals surface area contributed by atoms with Gasteiger partial charge in [-0.05, 0) is 120 Å². The molecule has 0 aliphatic heterocycles. The highest BCUT2D eigenvalue weighted by atomic mass is 16.4. The highest BCUT2D eigenvalue weighted by Gasteiger charge is 2.64. The SMILES string of the molecule is CC[C@H]1C(O)C2C3CC[C@H]([C@H](C)CCCn4nnnc4C(=O)O)[C@@]3(C)CCC2[C@@]2(C)CC[C@@H](O)C[C@@H]12. The molecule has 0 radical (unpaired) electrons. The fraction of sp³-hybridized carbons (Fsp3) is 0.929. The van der Waals surface area contributed by atoms with Crippen LogP contribution in [0.4, 0.5) is 0 Å². The molecule has 0 aromatic carbocycles. The van der Waals surface area contributed by atoms with Crippen molar-refractivity contribution in [2.75, 3.05) is 0 Å². The number of aliphatic hydroxyl groups excluding tert-OH is 2. The van der Waals surface area contributed by atoms with E-state index in [4.69, 9.17) is 0 Å². The highest BCUT2D eigenvalue weighted by molar-refractivity contribution is 5.82. The smallest absolute Gasteiger partial charge is 0.375 e. The van der Waals surface area contributed by atoms with E-state index in [0.717, 1.165) is 38.5 Å². The molecule has 202 valence electrons. The second-order valence-corrected chi connectivity index (χ2v) is 13.3. The Hall–Kier alpha value is -1.54. The fourth-order valence-corrected chi connectivity index (χ4v) is 10.2. The summed E-state index contributed by atoms with van der Waals surface area (Å²) in [5.74, 6) is 2.23. The number of carboxylic acid groups (broad SMARTS) is 1. The molecule has 0 amide bonds. The number of carbonyl (C=O) groups is 1. The monoisotopic (exact) mass is 502 g/mol. The van der Waals surface area contributed by atoms with Crippen LogP contribution in [0.3, 0.4) is 0 Å². The molecule has 5 rings (SSSR count). The van der Waals surface area contributed by atoms with Gasteiger partial charge in [0, 0.05) is 6.54 Å². The summed E-state index contributed by atoms with van der Waals surface area (Å²) in [5.41, 5.74) is 0.487. The summed E-state index contributed by atoms with van der Waals surface area (Å²) in [6.45, 7) is 10.1. The molecule has 0 spiro atoms. The van der Waals surface area contributed by atoms with Gasteiger partial charge in [-0.25, -0.2) is 9.48 Å². The lowest BCUT2D eigenvalue weighted by molar-refractivity contribution is -0.203. The Balaban J connectivity index is 1.30. The number of tetrazole rings is 1. The zero-order chi connectivity index (χ0) is 25.8. The van der Waals surface area contributed by atoms with Crippen LogP contribution in [0.1, 0.15) is 103 Å². The first-order valence-electron chi connectivity index (χ1n) is 14.5. The van der Waals surface area contributed by atoms with Crippen molar-refractivity contribution in [2.45, 2.75) is 111 Å². The topological polar surface area (TPSA) is 121 Å². The van der Waals surface area contributed by atoms with Gasteiger partial charge >= 0.3 is 5.97 Å². The quantitative estimate of drug-likeness (QED) is 0.505. The maximum Gasteiger partial charge on any atom is 0.375 e. The van der Waals surface area contributed by atoms with Crippen LogP contribution in [-0.2, 0) is 6.54 Å². The van der Waals surface area contributed by atoms with Gasteiger partial charge in [0.25, 0.3) is 5.82 Å². The van der Waals surface area contributed by atoms with Crippen LogP contribution in [0.2, 0.25) is 0 Å². The van der Waals surface area contributed by atoms with Crippen molar-refractivity contribution in [2.24, 2.45) is 52.3 Å². The molecule has 4 saturated carbocycles. The number of hydrogen-bond donors (Lipinski definition) is 3. The van der Waals surface area contributed by atoms with Crippen molar-refractivity contribution < 1.29 is 20.1 Å². The number of carboxylic acids is 1. The molecule has 1 heterocycles. The number of aromatic carboxylic acids is 1.